The molecule has 2 aliphatic rings. The van der Waals surface area contributed by atoms with Gasteiger partial charge in [-0.25, -0.2) is 4.79 Å². The zero-order valence-electron chi connectivity index (χ0n) is 21.9. The van der Waals surface area contributed by atoms with Crippen molar-refractivity contribution in [1.29, 1.82) is 0 Å². The Kier molecular flexibility index (Phi) is 6.79. The van der Waals surface area contributed by atoms with Gasteiger partial charge in [0, 0.05) is 39.5 Å². The fraction of sp³-hybridized carbons (Fsp3) is 0.419. The summed E-state index contributed by atoms with van der Waals surface area (Å²) in [6, 6.07) is 10.2. The third-order valence-electron chi connectivity index (χ3n) is 8.62. The summed E-state index contributed by atoms with van der Waals surface area (Å²) in [5.74, 6) is 0.348. The highest BCUT2D eigenvalue weighted by Crippen LogP contribution is 2.37. The predicted octanol–water partition coefficient (Wildman–Crippen LogP) is 6.40. The molecule has 0 spiro atoms. The highest BCUT2D eigenvalue weighted by atomic mass is 35.5. The number of nitrogens with zero attached hydrogens (tertiary/aromatic N) is 1. The summed E-state index contributed by atoms with van der Waals surface area (Å²) in [6.45, 7) is 6.81. The van der Waals surface area contributed by atoms with Crippen LogP contribution >= 0.6 is 11.6 Å². The first-order chi connectivity index (χ1) is 18.4. The van der Waals surface area contributed by atoms with Gasteiger partial charge in [0.25, 0.3) is 0 Å². The van der Waals surface area contributed by atoms with E-state index in [1.807, 2.05) is 44.2 Å². The van der Waals surface area contributed by atoms with E-state index in [4.69, 9.17) is 20.4 Å². The van der Waals surface area contributed by atoms with Crippen molar-refractivity contribution in [3.05, 3.63) is 68.7 Å². The van der Waals surface area contributed by atoms with E-state index in [-0.39, 0.29) is 12.3 Å². The van der Waals surface area contributed by atoms with E-state index in [2.05, 4.69) is 10.2 Å². The zero-order chi connectivity index (χ0) is 26.4. The van der Waals surface area contributed by atoms with Gasteiger partial charge in [-0.15, -0.1) is 0 Å². The third-order valence-corrected chi connectivity index (χ3v) is 8.88. The van der Waals surface area contributed by atoms with Crippen molar-refractivity contribution in [1.82, 2.24) is 10.2 Å². The first kappa shape index (κ1) is 25.2. The second kappa shape index (κ2) is 10.2. The minimum atomic E-state index is -0.465. The van der Waals surface area contributed by atoms with Gasteiger partial charge >= 0.3 is 5.63 Å². The van der Waals surface area contributed by atoms with Crippen LogP contribution in [0.1, 0.15) is 48.8 Å². The summed E-state index contributed by atoms with van der Waals surface area (Å²) in [4.78, 5) is 28.7. The largest absolute Gasteiger partial charge is 0.463 e. The lowest BCUT2D eigenvalue weighted by atomic mass is 9.83. The van der Waals surface area contributed by atoms with Gasteiger partial charge < -0.3 is 19.1 Å². The average molecular weight is 533 g/mol. The molecule has 6 rings (SSSR count). The summed E-state index contributed by atoms with van der Waals surface area (Å²) in [5.41, 5.74) is 4.59. The Hall–Kier alpha value is -3.09. The van der Waals surface area contributed by atoms with Crippen molar-refractivity contribution < 1.29 is 13.6 Å². The molecule has 2 aliphatic heterocycles. The number of furan rings is 1. The Morgan fingerprint density at radius 2 is 1.82 bits per heavy atom. The minimum absolute atomic E-state index is 0.0116. The normalized spacial score (nSPS) is 20.1. The number of rotatable bonds is 5. The van der Waals surface area contributed by atoms with Crippen LogP contribution in [0.3, 0.4) is 0 Å². The Morgan fingerprint density at radius 1 is 1.03 bits per heavy atom. The molecule has 7 heteroatoms. The summed E-state index contributed by atoms with van der Waals surface area (Å²) in [5, 5.41) is 5.55. The van der Waals surface area contributed by atoms with Crippen molar-refractivity contribution in [2.75, 3.05) is 19.6 Å². The van der Waals surface area contributed by atoms with Crippen LogP contribution in [0.5, 0.6) is 0 Å². The van der Waals surface area contributed by atoms with Gasteiger partial charge in [-0.05, 0) is 87.9 Å². The fourth-order valence-electron chi connectivity index (χ4n) is 6.54. The Bertz CT molecular complexity index is 1570. The molecular weight excluding hydrogens is 500 g/mol. The Labute approximate surface area is 226 Å². The highest BCUT2D eigenvalue weighted by molar-refractivity contribution is 6.30. The topological polar surface area (TPSA) is 75.7 Å². The molecule has 0 radical (unpaired) electrons. The van der Waals surface area contributed by atoms with Gasteiger partial charge in [-0.1, -0.05) is 30.2 Å². The maximum Gasteiger partial charge on any atom is 0.340 e. The molecule has 4 heterocycles. The minimum Gasteiger partial charge on any atom is -0.463 e. The molecule has 0 saturated carbocycles. The number of fused-ring (bicyclic) bond motifs is 3. The average Bonchev–Trinajstić information content (AvgIpc) is 3.35. The second-order valence-corrected chi connectivity index (χ2v) is 11.3. The van der Waals surface area contributed by atoms with Gasteiger partial charge in [0.2, 0.25) is 5.91 Å². The van der Waals surface area contributed by atoms with Crippen molar-refractivity contribution in [3.63, 3.8) is 0 Å². The molecule has 0 bridgehead atoms. The molecule has 4 aromatic rings. The van der Waals surface area contributed by atoms with Crippen LogP contribution < -0.4 is 10.9 Å². The second-order valence-electron chi connectivity index (χ2n) is 10.9. The molecular formula is C31H33ClN2O4. The van der Waals surface area contributed by atoms with Gasteiger partial charge in [0.1, 0.15) is 11.2 Å². The Balaban J connectivity index is 1.28. The van der Waals surface area contributed by atoms with Gasteiger partial charge in [0.05, 0.1) is 18.2 Å². The van der Waals surface area contributed by atoms with Crippen LogP contribution in [0.2, 0.25) is 5.02 Å². The number of nitrogens with one attached hydrogen (secondary N) is 1. The van der Waals surface area contributed by atoms with E-state index in [1.165, 1.54) is 38.8 Å². The number of halogens is 1. The van der Waals surface area contributed by atoms with Crippen LogP contribution in [0, 0.1) is 19.8 Å². The van der Waals surface area contributed by atoms with E-state index in [0.29, 0.717) is 40.3 Å². The highest BCUT2D eigenvalue weighted by Gasteiger charge is 2.33. The number of piperidine rings is 2. The monoisotopic (exact) mass is 532 g/mol. The molecule has 2 atom stereocenters. The van der Waals surface area contributed by atoms with E-state index < -0.39 is 5.63 Å². The van der Waals surface area contributed by atoms with Crippen LogP contribution in [0.25, 0.3) is 33.1 Å². The first-order valence-corrected chi connectivity index (χ1v) is 14.0. The molecule has 2 aromatic carbocycles. The van der Waals surface area contributed by atoms with E-state index in [1.54, 1.807) is 6.26 Å². The number of hydrogen-bond acceptors (Lipinski definition) is 5. The van der Waals surface area contributed by atoms with Crippen molar-refractivity contribution in [3.8, 4) is 11.1 Å². The smallest absolute Gasteiger partial charge is 0.340 e. The summed E-state index contributed by atoms with van der Waals surface area (Å²) in [7, 11) is 0. The molecule has 1 N–H and O–H groups in total. The van der Waals surface area contributed by atoms with Crippen LogP contribution in [0.4, 0.5) is 0 Å². The molecule has 6 nitrogen and oxygen atoms in total. The standard InChI is InChI=1S/C31H33ClN2O4/c1-18-23-14-25-26(20-8-10-22(32)11-9-20)17-37-29(25)19(2)30(23)38-31(36)24(18)15-28(35)33-16-21-6-5-13-34-12-4-3-7-27(21)34/h8-11,14,17,21,27H,3-7,12-13,15-16H2,1-2H3,(H,33,35)/t21-,27+/m0/s1. The van der Waals surface area contributed by atoms with Crippen LogP contribution in [-0.2, 0) is 11.2 Å². The molecule has 1 amide bonds. The molecule has 2 aromatic heterocycles. The molecule has 2 fully saturated rings. The number of aryl methyl sites for hydroxylation is 2. The number of hydrogen-bond donors (Lipinski definition) is 1. The van der Waals surface area contributed by atoms with E-state index >= 15 is 0 Å². The van der Waals surface area contributed by atoms with Gasteiger partial charge in [0.15, 0.2) is 0 Å². The number of amides is 1. The molecule has 2 saturated heterocycles. The third kappa shape index (κ3) is 4.54. The Morgan fingerprint density at radius 3 is 2.63 bits per heavy atom. The summed E-state index contributed by atoms with van der Waals surface area (Å²) >= 11 is 6.09. The maximum absolute atomic E-state index is 13.0. The number of benzene rings is 2. The van der Waals surface area contributed by atoms with Crippen LogP contribution in [-0.4, -0.2) is 36.5 Å². The molecule has 198 valence electrons. The maximum atomic E-state index is 13.0. The number of carbonyl (C=O) groups excluding carboxylic acids is 1. The first-order valence-electron chi connectivity index (χ1n) is 13.6. The lowest BCUT2D eigenvalue weighted by molar-refractivity contribution is -0.120. The van der Waals surface area contributed by atoms with Gasteiger partial charge in [-0.3, -0.25) is 4.79 Å². The summed E-state index contributed by atoms with van der Waals surface area (Å²) in [6.07, 6.45) is 7.83. The van der Waals surface area contributed by atoms with E-state index in [0.717, 1.165) is 39.4 Å². The lowest BCUT2D eigenvalue weighted by Gasteiger charge is -2.44. The lowest BCUT2D eigenvalue weighted by Crippen LogP contribution is -2.51. The summed E-state index contributed by atoms with van der Waals surface area (Å²) < 4.78 is 11.7. The zero-order valence-corrected chi connectivity index (χ0v) is 22.7. The fourth-order valence-corrected chi connectivity index (χ4v) is 6.66. The quantitative estimate of drug-likeness (QED) is 0.301. The molecule has 38 heavy (non-hydrogen) atoms. The van der Waals surface area contributed by atoms with Crippen molar-refractivity contribution in [2.45, 2.75) is 58.4 Å². The SMILES string of the molecule is Cc1c(CC(=O)NC[C@@H]2CCCN3CCCC[C@H]23)c(=O)oc2c(C)c3occ(-c4ccc(Cl)cc4)c3cc12. The van der Waals surface area contributed by atoms with Crippen molar-refractivity contribution in [2.24, 2.45) is 5.92 Å². The van der Waals surface area contributed by atoms with Crippen LogP contribution in [0.15, 0.2) is 50.2 Å². The number of carbonyl (C=O) groups is 1. The predicted molar refractivity (Wildman–Crippen MR) is 151 cm³/mol. The van der Waals surface area contributed by atoms with E-state index in [9.17, 15) is 9.59 Å². The molecule has 0 aliphatic carbocycles. The van der Waals surface area contributed by atoms with Crippen molar-refractivity contribution >= 4 is 39.4 Å². The molecule has 0 unspecified atom stereocenters. The van der Waals surface area contributed by atoms with Gasteiger partial charge in [-0.2, -0.15) is 0 Å².